The van der Waals surface area contributed by atoms with Gasteiger partial charge < -0.3 is 15.4 Å². The fourth-order valence-electron chi connectivity index (χ4n) is 2.71. The molecule has 3 rings (SSSR count). The smallest absolute Gasteiger partial charge is 0.331 e. The highest BCUT2D eigenvalue weighted by atomic mass is 16.5. The van der Waals surface area contributed by atoms with Gasteiger partial charge >= 0.3 is 5.97 Å². The number of carbonyl (C=O) groups excluding carboxylic acids is 3. The van der Waals surface area contributed by atoms with Gasteiger partial charge in [-0.1, -0.05) is 30.3 Å². The van der Waals surface area contributed by atoms with E-state index in [0.717, 1.165) is 11.1 Å². The highest BCUT2D eigenvalue weighted by molar-refractivity contribution is 5.95. The molecule has 31 heavy (non-hydrogen) atoms. The molecule has 3 aromatic rings. The number of nitrogens with zero attached hydrogens (tertiary/aromatic N) is 2. The molecule has 0 aliphatic carbocycles. The van der Waals surface area contributed by atoms with E-state index in [-0.39, 0.29) is 5.91 Å². The molecular weight excluding hydrogens is 396 g/mol. The van der Waals surface area contributed by atoms with Gasteiger partial charge in [0.1, 0.15) is 0 Å². The Morgan fingerprint density at radius 3 is 2.35 bits per heavy atom. The maximum atomic E-state index is 11.9. The molecule has 2 N–H and O–H groups in total. The van der Waals surface area contributed by atoms with E-state index in [1.807, 2.05) is 36.5 Å². The minimum Gasteiger partial charge on any atom is -0.452 e. The molecule has 0 saturated carbocycles. The Morgan fingerprint density at radius 2 is 1.68 bits per heavy atom. The Bertz CT molecular complexity index is 1070. The summed E-state index contributed by atoms with van der Waals surface area (Å²) in [6.07, 6.45) is 6.28. The number of ether oxygens (including phenoxy) is 1. The maximum Gasteiger partial charge on any atom is 0.331 e. The Labute approximate surface area is 179 Å². The van der Waals surface area contributed by atoms with E-state index in [0.29, 0.717) is 17.9 Å². The van der Waals surface area contributed by atoms with Crippen LogP contribution in [0.2, 0.25) is 0 Å². The number of nitrogens with one attached hydrogen (secondary N) is 2. The predicted molar refractivity (Wildman–Crippen MR) is 117 cm³/mol. The van der Waals surface area contributed by atoms with Crippen molar-refractivity contribution in [2.75, 3.05) is 17.2 Å². The summed E-state index contributed by atoms with van der Waals surface area (Å²) in [5, 5.41) is 9.50. The average molecular weight is 418 g/mol. The number of carbonyl (C=O) groups is 3. The molecule has 2 amide bonds. The molecule has 8 heteroatoms. The molecule has 0 radical (unpaired) electrons. The van der Waals surface area contributed by atoms with Crippen molar-refractivity contribution in [2.24, 2.45) is 0 Å². The second kappa shape index (κ2) is 10.5. The summed E-state index contributed by atoms with van der Waals surface area (Å²) >= 11 is 0. The molecular formula is C23H22N4O4. The van der Waals surface area contributed by atoms with Gasteiger partial charge in [-0.2, -0.15) is 5.10 Å². The lowest BCUT2D eigenvalue weighted by atomic mass is 10.2. The first-order valence-corrected chi connectivity index (χ1v) is 9.56. The molecule has 158 valence electrons. The van der Waals surface area contributed by atoms with Gasteiger partial charge in [-0.25, -0.2) is 4.79 Å². The quantitative estimate of drug-likeness (QED) is 0.432. The lowest BCUT2D eigenvalue weighted by molar-refractivity contribution is -0.142. The van der Waals surface area contributed by atoms with Crippen LogP contribution in [0.5, 0.6) is 0 Å². The third-order valence-electron chi connectivity index (χ3n) is 4.09. The van der Waals surface area contributed by atoms with Crippen LogP contribution in [-0.4, -0.2) is 34.2 Å². The molecule has 2 aromatic carbocycles. The van der Waals surface area contributed by atoms with E-state index in [1.54, 1.807) is 41.2 Å². The van der Waals surface area contributed by atoms with Crippen LogP contribution in [0.4, 0.5) is 11.4 Å². The zero-order chi connectivity index (χ0) is 22.1. The number of hydrogen-bond donors (Lipinski definition) is 2. The van der Waals surface area contributed by atoms with Gasteiger partial charge in [0.2, 0.25) is 5.91 Å². The van der Waals surface area contributed by atoms with Gasteiger partial charge in [0.25, 0.3) is 5.91 Å². The molecule has 0 saturated heterocycles. The van der Waals surface area contributed by atoms with E-state index in [2.05, 4.69) is 15.7 Å². The van der Waals surface area contributed by atoms with Gasteiger partial charge in [0.05, 0.1) is 12.7 Å². The Morgan fingerprint density at radius 1 is 1.00 bits per heavy atom. The zero-order valence-electron chi connectivity index (χ0n) is 16.9. The monoisotopic (exact) mass is 418 g/mol. The fraction of sp³-hybridized carbons (Fsp3) is 0.130. The molecule has 0 atom stereocenters. The van der Waals surface area contributed by atoms with E-state index >= 15 is 0 Å². The molecule has 0 unspecified atom stereocenters. The average Bonchev–Trinajstić information content (AvgIpc) is 3.20. The molecule has 0 fully saturated rings. The Balaban J connectivity index is 1.42. The SMILES string of the molecule is CC(=O)Nc1ccc(NC(=O)COC(=O)/C=C/c2cnn(Cc3ccccc3)c2)cc1. The standard InChI is InChI=1S/C23H22N4O4/c1-17(28)25-20-8-10-21(11-9-20)26-22(29)16-31-23(30)12-7-19-13-24-27(15-19)14-18-5-3-2-4-6-18/h2-13,15H,14,16H2,1H3,(H,25,28)(H,26,29)/b12-7+. The van der Waals surface area contributed by atoms with E-state index in [9.17, 15) is 14.4 Å². The molecule has 0 bridgehead atoms. The van der Waals surface area contributed by atoms with Crippen molar-refractivity contribution in [1.29, 1.82) is 0 Å². The Hall–Kier alpha value is -4.20. The molecule has 8 nitrogen and oxygen atoms in total. The number of rotatable bonds is 8. The molecule has 1 aromatic heterocycles. The zero-order valence-corrected chi connectivity index (χ0v) is 16.9. The number of hydrogen-bond acceptors (Lipinski definition) is 5. The van der Waals surface area contributed by atoms with Crippen LogP contribution in [-0.2, 0) is 25.7 Å². The summed E-state index contributed by atoms with van der Waals surface area (Å²) in [6, 6.07) is 16.5. The minimum atomic E-state index is -0.632. The summed E-state index contributed by atoms with van der Waals surface area (Å²) in [4.78, 5) is 34.8. The summed E-state index contributed by atoms with van der Waals surface area (Å²) in [7, 11) is 0. The van der Waals surface area contributed by atoms with Crippen molar-refractivity contribution in [1.82, 2.24) is 9.78 Å². The largest absolute Gasteiger partial charge is 0.452 e. The number of benzene rings is 2. The number of anilines is 2. The van der Waals surface area contributed by atoms with E-state index < -0.39 is 18.5 Å². The van der Waals surface area contributed by atoms with Crippen LogP contribution in [0, 0.1) is 0 Å². The topological polar surface area (TPSA) is 102 Å². The van der Waals surface area contributed by atoms with Crippen LogP contribution in [0.15, 0.2) is 73.1 Å². The maximum absolute atomic E-state index is 11.9. The second-order valence-electron chi connectivity index (χ2n) is 6.70. The third kappa shape index (κ3) is 7.28. The van der Waals surface area contributed by atoms with Gasteiger partial charge in [0, 0.05) is 36.1 Å². The van der Waals surface area contributed by atoms with Crippen molar-refractivity contribution in [3.8, 4) is 0 Å². The number of amides is 2. The normalized spacial score (nSPS) is 10.6. The van der Waals surface area contributed by atoms with Gasteiger partial charge in [-0.15, -0.1) is 0 Å². The summed E-state index contributed by atoms with van der Waals surface area (Å²) in [5.41, 5.74) is 3.01. The van der Waals surface area contributed by atoms with Gasteiger partial charge in [-0.05, 0) is 35.9 Å². The lowest BCUT2D eigenvalue weighted by Crippen LogP contribution is -2.20. The summed E-state index contributed by atoms with van der Waals surface area (Å²) in [6.45, 7) is 1.63. The second-order valence-corrected chi connectivity index (χ2v) is 6.70. The first kappa shape index (κ1) is 21.5. The first-order valence-electron chi connectivity index (χ1n) is 9.56. The van der Waals surface area contributed by atoms with Crippen molar-refractivity contribution >= 4 is 35.2 Å². The Kier molecular flexibility index (Phi) is 7.31. The molecule has 0 aliphatic rings. The third-order valence-corrected chi connectivity index (χ3v) is 4.09. The van der Waals surface area contributed by atoms with Crippen LogP contribution in [0.3, 0.4) is 0 Å². The summed E-state index contributed by atoms with van der Waals surface area (Å²) in [5.74, 6) is -1.28. The van der Waals surface area contributed by atoms with Gasteiger partial charge in [-0.3, -0.25) is 14.3 Å². The molecule has 1 heterocycles. The number of esters is 1. The van der Waals surface area contributed by atoms with Crippen molar-refractivity contribution < 1.29 is 19.1 Å². The van der Waals surface area contributed by atoms with Crippen LogP contribution in [0.25, 0.3) is 6.08 Å². The predicted octanol–water partition coefficient (Wildman–Crippen LogP) is 3.08. The van der Waals surface area contributed by atoms with Crippen LogP contribution in [0.1, 0.15) is 18.1 Å². The van der Waals surface area contributed by atoms with Crippen LogP contribution < -0.4 is 10.6 Å². The van der Waals surface area contributed by atoms with E-state index in [1.165, 1.54) is 13.0 Å². The fourth-order valence-corrected chi connectivity index (χ4v) is 2.71. The summed E-state index contributed by atoms with van der Waals surface area (Å²) < 4.78 is 6.72. The first-order chi connectivity index (χ1) is 15.0. The van der Waals surface area contributed by atoms with Crippen molar-refractivity contribution in [3.05, 3.63) is 84.2 Å². The van der Waals surface area contributed by atoms with Gasteiger partial charge in [0.15, 0.2) is 6.61 Å². The highest BCUT2D eigenvalue weighted by Crippen LogP contribution is 2.13. The number of aromatic nitrogens is 2. The van der Waals surface area contributed by atoms with Crippen molar-refractivity contribution in [3.63, 3.8) is 0 Å². The molecule has 0 aliphatic heterocycles. The molecule has 0 spiro atoms. The highest BCUT2D eigenvalue weighted by Gasteiger charge is 2.06. The van der Waals surface area contributed by atoms with E-state index in [4.69, 9.17) is 4.74 Å². The van der Waals surface area contributed by atoms with Crippen LogP contribution >= 0.6 is 0 Å². The minimum absolute atomic E-state index is 0.180. The lowest BCUT2D eigenvalue weighted by Gasteiger charge is -2.07. The van der Waals surface area contributed by atoms with Crippen molar-refractivity contribution in [2.45, 2.75) is 13.5 Å².